The summed E-state index contributed by atoms with van der Waals surface area (Å²) in [4.78, 5) is 3.95. The van der Waals surface area contributed by atoms with Crippen LogP contribution in [0.1, 0.15) is 5.56 Å². The van der Waals surface area contributed by atoms with Gasteiger partial charge < -0.3 is 4.90 Å². The van der Waals surface area contributed by atoms with Crippen LogP contribution in [0.3, 0.4) is 0 Å². The van der Waals surface area contributed by atoms with Crippen molar-refractivity contribution < 1.29 is 8.78 Å². The Morgan fingerprint density at radius 1 is 1.07 bits per heavy atom. The van der Waals surface area contributed by atoms with Crippen molar-refractivity contribution in [2.75, 3.05) is 22.1 Å². The Kier molecular flexibility index (Phi) is 5.71. The molecule has 7 heteroatoms. The molecule has 0 spiro atoms. The Balaban J connectivity index is 1.72. The van der Waals surface area contributed by atoms with Gasteiger partial charge >= 0.3 is 0 Å². The average Bonchev–Trinajstić information content (AvgIpc) is 2.70. The molecule has 1 aliphatic rings. The lowest BCUT2D eigenvalue weighted by Gasteiger charge is -2.38. The smallest absolute Gasteiger partial charge is 0.129 e. The predicted molar refractivity (Wildman–Crippen MR) is 115 cm³/mol. The van der Waals surface area contributed by atoms with E-state index in [0.29, 0.717) is 23.8 Å². The first-order chi connectivity index (χ1) is 13.5. The van der Waals surface area contributed by atoms with Crippen LogP contribution in [0.5, 0.6) is 0 Å². The summed E-state index contributed by atoms with van der Waals surface area (Å²) >= 11 is 9.39. The van der Waals surface area contributed by atoms with Gasteiger partial charge in [-0.15, -0.1) is 11.8 Å². The molecule has 1 heterocycles. The molecule has 0 unspecified atom stereocenters. The third-order valence-corrected chi connectivity index (χ3v) is 6.67. The molecule has 0 radical (unpaired) electrons. The minimum absolute atomic E-state index is 0.295. The zero-order valence-electron chi connectivity index (χ0n) is 15.0. The lowest BCUT2D eigenvalue weighted by Crippen LogP contribution is -2.38. The largest absolute Gasteiger partial charge is 0.347 e. The summed E-state index contributed by atoms with van der Waals surface area (Å²) in [5.74, 6) is -0.639. The van der Waals surface area contributed by atoms with Crippen LogP contribution in [0.2, 0.25) is 5.02 Å². The SMILES string of the molecule is CSc1cccc(N2CN(Cc3c(F)cccc3Cl)c3ccc(F)cc3S2)c1. The van der Waals surface area contributed by atoms with E-state index in [-0.39, 0.29) is 11.6 Å². The van der Waals surface area contributed by atoms with Crippen molar-refractivity contribution in [2.45, 2.75) is 16.3 Å². The molecule has 3 aromatic rings. The van der Waals surface area contributed by atoms with Gasteiger partial charge in [-0.05, 0) is 66.7 Å². The Morgan fingerprint density at radius 3 is 2.68 bits per heavy atom. The molecular formula is C21H17ClF2N2S2. The molecule has 28 heavy (non-hydrogen) atoms. The summed E-state index contributed by atoms with van der Waals surface area (Å²) < 4.78 is 30.3. The second-order valence-electron chi connectivity index (χ2n) is 6.32. The van der Waals surface area contributed by atoms with Crippen molar-refractivity contribution in [3.63, 3.8) is 0 Å². The van der Waals surface area contributed by atoms with E-state index in [9.17, 15) is 8.78 Å². The first kappa shape index (κ1) is 19.4. The van der Waals surface area contributed by atoms with E-state index in [4.69, 9.17) is 11.6 Å². The highest BCUT2D eigenvalue weighted by atomic mass is 35.5. The molecule has 0 amide bonds. The summed E-state index contributed by atoms with van der Waals surface area (Å²) in [6.45, 7) is 0.815. The number of halogens is 3. The minimum Gasteiger partial charge on any atom is -0.347 e. The van der Waals surface area contributed by atoms with E-state index >= 15 is 0 Å². The third kappa shape index (κ3) is 3.95. The highest BCUT2D eigenvalue weighted by Gasteiger charge is 2.26. The van der Waals surface area contributed by atoms with Crippen LogP contribution in [-0.2, 0) is 6.54 Å². The Hall–Kier alpha value is -1.89. The van der Waals surface area contributed by atoms with Gasteiger partial charge in [-0.25, -0.2) is 8.78 Å². The van der Waals surface area contributed by atoms with E-state index in [2.05, 4.69) is 10.4 Å². The van der Waals surface area contributed by atoms with E-state index < -0.39 is 0 Å². The second-order valence-corrected chi connectivity index (χ2v) is 8.67. The number of rotatable bonds is 4. The number of anilines is 2. The fraction of sp³-hybridized carbons (Fsp3) is 0.143. The van der Waals surface area contributed by atoms with Crippen molar-refractivity contribution in [3.8, 4) is 0 Å². The lowest BCUT2D eigenvalue weighted by molar-refractivity contribution is 0.602. The van der Waals surface area contributed by atoms with Crippen molar-refractivity contribution in [1.82, 2.24) is 0 Å². The molecule has 0 saturated heterocycles. The van der Waals surface area contributed by atoms with Crippen molar-refractivity contribution in [2.24, 2.45) is 0 Å². The van der Waals surface area contributed by atoms with Gasteiger partial charge in [0.1, 0.15) is 18.3 Å². The molecule has 144 valence electrons. The number of thioether (sulfide) groups is 1. The van der Waals surface area contributed by atoms with Gasteiger partial charge in [0.2, 0.25) is 0 Å². The second kappa shape index (κ2) is 8.23. The van der Waals surface area contributed by atoms with Crippen LogP contribution in [0, 0.1) is 11.6 Å². The number of hydrogen-bond donors (Lipinski definition) is 0. The topological polar surface area (TPSA) is 6.48 Å². The predicted octanol–water partition coefficient (Wildman–Crippen LogP) is 6.83. The molecule has 0 saturated carbocycles. The highest BCUT2D eigenvalue weighted by molar-refractivity contribution is 8.01. The number of nitrogens with zero attached hydrogens (tertiary/aromatic N) is 2. The van der Waals surface area contributed by atoms with Gasteiger partial charge in [0, 0.05) is 22.0 Å². The molecule has 0 N–H and O–H groups in total. The maximum Gasteiger partial charge on any atom is 0.129 e. The van der Waals surface area contributed by atoms with Gasteiger partial charge in [0.15, 0.2) is 0 Å². The van der Waals surface area contributed by atoms with Gasteiger partial charge in [0.25, 0.3) is 0 Å². The van der Waals surface area contributed by atoms with Crippen molar-refractivity contribution in [3.05, 3.63) is 82.9 Å². The lowest BCUT2D eigenvalue weighted by atomic mass is 10.2. The van der Waals surface area contributed by atoms with Crippen LogP contribution in [0.4, 0.5) is 20.2 Å². The van der Waals surface area contributed by atoms with E-state index in [0.717, 1.165) is 21.2 Å². The molecule has 0 bridgehead atoms. The Morgan fingerprint density at radius 2 is 1.89 bits per heavy atom. The molecule has 4 rings (SSSR count). The van der Waals surface area contributed by atoms with Crippen LogP contribution < -0.4 is 9.21 Å². The molecule has 1 aliphatic heterocycles. The van der Waals surface area contributed by atoms with Gasteiger partial charge in [-0.3, -0.25) is 4.31 Å². The first-order valence-corrected chi connectivity index (χ1v) is 11.0. The van der Waals surface area contributed by atoms with Gasteiger partial charge in [-0.1, -0.05) is 23.7 Å². The van der Waals surface area contributed by atoms with Crippen LogP contribution >= 0.6 is 35.3 Å². The Bertz CT molecular complexity index is 995. The van der Waals surface area contributed by atoms with E-state index in [1.807, 2.05) is 29.4 Å². The molecule has 0 fully saturated rings. The fourth-order valence-electron chi connectivity index (χ4n) is 3.11. The normalized spacial score (nSPS) is 13.6. The maximum absolute atomic E-state index is 14.4. The number of hydrogen-bond acceptors (Lipinski definition) is 4. The summed E-state index contributed by atoms with van der Waals surface area (Å²) in [5, 5.41) is 0.387. The molecule has 2 nitrogen and oxygen atoms in total. The molecular weight excluding hydrogens is 418 g/mol. The zero-order valence-corrected chi connectivity index (χ0v) is 17.4. The van der Waals surface area contributed by atoms with Crippen LogP contribution in [0.15, 0.2) is 70.5 Å². The zero-order chi connectivity index (χ0) is 19.7. The summed E-state index contributed by atoms with van der Waals surface area (Å²) in [7, 11) is 0. The van der Waals surface area contributed by atoms with E-state index in [1.54, 1.807) is 30.0 Å². The summed E-state index contributed by atoms with van der Waals surface area (Å²) in [6.07, 6.45) is 2.03. The monoisotopic (exact) mass is 434 g/mol. The van der Waals surface area contributed by atoms with Crippen LogP contribution in [-0.4, -0.2) is 12.9 Å². The van der Waals surface area contributed by atoms with Crippen molar-refractivity contribution in [1.29, 1.82) is 0 Å². The number of benzene rings is 3. The summed E-state index contributed by atoms with van der Waals surface area (Å²) in [6, 6.07) is 17.5. The first-order valence-electron chi connectivity index (χ1n) is 8.62. The van der Waals surface area contributed by atoms with Gasteiger partial charge in [-0.2, -0.15) is 0 Å². The third-order valence-electron chi connectivity index (χ3n) is 4.52. The summed E-state index contributed by atoms with van der Waals surface area (Å²) in [5.41, 5.74) is 2.31. The molecule has 0 atom stereocenters. The molecule has 3 aromatic carbocycles. The highest BCUT2D eigenvalue weighted by Crippen LogP contribution is 2.42. The average molecular weight is 435 g/mol. The van der Waals surface area contributed by atoms with Crippen molar-refractivity contribution >= 4 is 46.7 Å². The Labute approximate surface area is 176 Å². The standard InChI is InChI=1S/C21H17ClF2N2S2/c1-27-16-5-2-4-15(11-16)26-13-25(12-17-18(22)6-3-7-19(17)24)20-9-8-14(23)10-21(20)28-26/h2-11H,12-13H2,1H3. The maximum atomic E-state index is 14.4. The number of fused-ring (bicyclic) bond motifs is 1. The quantitative estimate of drug-likeness (QED) is 0.327. The molecule has 0 aliphatic carbocycles. The molecule has 0 aromatic heterocycles. The van der Waals surface area contributed by atoms with Gasteiger partial charge in [0.05, 0.1) is 16.3 Å². The van der Waals surface area contributed by atoms with Crippen LogP contribution in [0.25, 0.3) is 0 Å². The van der Waals surface area contributed by atoms with E-state index in [1.165, 1.54) is 30.1 Å². The minimum atomic E-state index is -0.342. The fourth-order valence-corrected chi connectivity index (χ4v) is 4.90.